The van der Waals surface area contributed by atoms with E-state index in [0.29, 0.717) is 47.1 Å². The van der Waals surface area contributed by atoms with Crippen molar-refractivity contribution in [2.24, 2.45) is 40.4 Å². The van der Waals surface area contributed by atoms with Crippen LogP contribution in [0.15, 0.2) is 34.9 Å². The van der Waals surface area contributed by atoms with E-state index in [1.807, 2.05) is 6.08 Å². The summed E-state index contributed by atoms with van der Waals surface area (Å²) in [7, 11) is 0. The summed E-state index contributed by atoms with van der Waals surface area (Å²) in [5, 5.41) is 0. The number of ether oxygens (including phenoxy) is 1. The highest BCUT2D eigenvalue weighted by Gasteiger charge is 2.57. The molecule has 0 N–H and O–H groups in total. The fraction of sp³-hybridized carbons (Fsp3) is 0.750. The first kappa shape index (κ1) is 20.7. The van der Waals surface area contributed by atoms with Crippen molar-refractivity contribution in [1.29, 1.82) is 0 Å². The minimum absolute atomic E-state index is 0.160. The molecule has 1 aliphatic heterocycles. The molecule has 164 valence electrons. The highest BCUT2D eigenvalue weighted by atomic mass is 16.6. The Hall–Kier alpha value is -1.15. The van der Waals surface area contributed by atoms with Gasteiger partial charge in [-0.1, -0.05) is 59.3 Å². The Bertz CT molecular complexity index is 845. The van der Waals surface area contributed by atoms with Gasteiger partial charge in [-0.25, -0.2) is 0 Å². The summed E-state index contributed by atoms with van der Waals surface area (Å²) in [5.41, 5.74) is 5.16. The number of rotatable bonds is 4. The fourth-order valence-electron chi connectivity index (χ4n) is 7.79. The van der Waals surface area contributed by atoms with Gasteiger partial charge in [0.2, 0.25) is 0 Å². The molecule has 0 aromatic carbocycles. The molecule has 0 aromatic rings. The SMILES string of the molecule is CC(C)[C@@H](C)C1OC1[C@@H](C)[C@H]1CCC2=C3C=CC4=CC(=O)CC[C@]4(C)[C@H]3CC[C@@]21C. The van der Waals surface area contributed by atoms with Crippen LogP contribution in [-0.2, 0) is 9.53 Å². The zero-order valence-electron chi connectivity index (χ0n) is 19.8. The molecule has 2 unspecified atom stereocenters. The van der Waals surface area contributed by atoms with Crippen LogP contribution in [0.25, 0.3) is 0 Å². The summed E-state index contributed by atoms with van der Waals surface area (Å²) < 4.78 is 6.27. The average Bonchev–Trinajstić information content (AvgIpc) is 3.42. The van der Waals surface area contributed by atoms with E-state index in [9.17, 15) is 4.79 Å². The maximum Gasteiger partial charge on any atom is 0.156 e. The van der Waals surface area contributed by atoms with Crippen molar-refractivity contribution in [3.05, 3.63) is 34.9 Å². The molecule has 2 heteroatoms. The van der Waals surface area contributed by atoms with Crippen LogP contribution in [0.1, 0.15) is 80.1 Å². The molecule has 1 saturated heterocycles. The third-order valence-electron chi connectivity index (χ3n) is 10.3. The van der Waals surface area contributed by atoms with Crippen LogP contribution in [0, 0.1) is 40.4 Å². The lowest BCUT2D eigenvalue weighted by Gasteiger charge is -2.51. The summed E-state index contributed by atoms with van der Waals surface area (Å²) >= 11 is 0. The van der Waals surface area contributed by atoms with E-state index in [1.54, 1.807) is 11.1 Å². The molecule has 8 atom stereocenters. The average molecular weight is 409 g/mol. The van der Waals surface area contributed by atoms with Crippen LogP contribution in [0.2, 0.25) is 0 Å². The molecule has 1 heterocycles. The van der Waals surface area contributed by atoms with E-state index in [0.717, 1.165) is 18.8 Å². The molecule has 30 heavy (non-hydrogen) atoms. The summed E-state index contributed by atoms with van der Waals surface area (Å²) in [4.78, 5) is 12.0. The summed E-state index contributed by atoms with van der Waals surface area (Å²) in [6.07, 6.45) is 14.4. The van der Waals surface area contributed by atoms with Crippen LogP contribution >= 0.6 is 0 Å². The topological polar surface area (TPSA) is 29.6 Å². The molecule has 0 aromatic heterocycles. The zero-order valence-corrected chi connectivity index (χ0v) is 19.8. The third-order valence-corrected chi connectivity index (χ3v) is 10.3. The molecular weight excluding hydrogens is 368 g/mol. The molecule has 1 saturated carbocycles. The highest BCUT2D eigenvalue weighted by molar-refractivity contribution is 5.92. The second-order valence-electron chi connectivity index (χ2n) is 11.9. The van der Waals surface area contributed by atoms with E-state index in [4.69, 9.17) is 4.74 Å². The van der Waals surface area contributed by atoms with Gasteiger partial charge in [-0.2, -0.15) is 0 Å². The second kappa shape index (κ2) is 6.92. The minimum atomic E-state index is 0.160. The number of hydrogen-bond acceptors (Lipinski definition) is 2. The Morgan fingerprint density at radius 3 is 2.47 bits per heavy atom. The van der Waals surface area contributed by atoms with E-state index >= 15 is 0 Å². The van der Waals surface area contributed by atoms with Crippen molar-refractivity contribution in [2.45, 2.75) is 92.3 Å². The van der Waals surface area contributed by atoms with Gasteiger partial charge < -0.3 is 4.74 Å². The van der Waals surface area contributed by atoms with Crippen LogP contribution in [0.3, 0.4) is 0 Å². The predicted molar refractivity (Wildman–Crippen MR) is 122 cm³/mol. The molecule has 2 fully saturated rings. The van der Waals surface area contributed by atoms with Crippen LogP contribution in [0.4, 0.5) is 0 Å². The summed E-state index contributed by atoms with van der Waals surface area (Å²) in [6.45, 7) is 14.5. The summed E-state index contributed by atoms with van der Waals surface area (Å²) in [5.74, 6) is 3.64. The standard InChI is InChI=1S/C28H40O2/c1-16(2)17(3)25-26(30-25)18(4)22-9-10-23-21-8-7-19-15-20(29)11-13-27(19,5)24(21)12-14-28(22,23)6/h7-8,15-18,22,24-26H,9-14H2,1-6H3/t17-,18+,22-,24+,25?,26?,27+,28-/m1/s1. The monoisotopic (exact) mass is 408 g/mol. The van der Waals surface area contributed by atoms with Gasteiger partial charge in [0.15, 0.2) is 5.78 Å². The van der Waals surface area contributed by atoms with Gasteiger partial charge in [-0.15, -0.1) is 0 Å². The molecule has 2 nitrogen and oxygen atoms in total. The number of allylic oxidation sites excluding steroid dienone is 6. The number of fused-ring (bicyclic) bond motifs is 4. The van der Waals surface area contributed by atoms with Crippen LogP contribution in [-0.4, -0.2) is 18.0 Å². The quantitative estimate of drug-likeness (QED) is 0.486. The molecule has 0 bridgehead atoms. The first-order valence-electron chi connectivity index (χ1n) is 12.5. The van der Waals surface area contributed by atoms with Crippen molar-refractivity contribution in [1.82, 2.24) is 0 Å². The Morgan fingerprint density at radius 1 is 0.967 bits per heavy atom. The minimum Gasteiger partial charge on any atom is -0.369 e. The molecule has 0 spiro atoms. The molecule has 0 radical (unpaired) electrons. The zero-order chi connectivity index (χ0) is 21.4. The molecular formula is C28H40O2. The van der Waals surface area contributed by atoms with Gasteiger partial charge in [0.05, 0.1) is 12.2 Å². The molecule has 5 rings (SSSR count). The lowest BCUT2D eigenvalue weighted by Crippen LogP contribution is -2.42. The van der Waals surface area contributed by atoms with Gasteiger partial charge in [-0.05, 0) is 89.7 Å². The number of carbonyl (C=O) groups excluding carboxylic acids is 1. The number of carbonyl (C=O) groups is 1. The normalized spacial score (nSPS) is 44.4. The molecule has 5 aliphatic rings. The van der Waals surface area contributed by atoms with E-state index in [-0.39, 0.29) is 5.41 Å². The van der Waals surface area contributed by atoms with E-state index in [2.05, 4.69) is 53.7 Å². The first-order valence-corrected chi connectivity index (χ1v) is 12.5. The smallest absolute Gasteiger partial charge is 0.156 e. The number of epoxide rings is 1. The van der Waals surface area contributed by atoms with Crippen molar-refractivity contribution >= 4 is 5.78 Å². The Morgan fingerprint density at radius 2 is 1.73 bits per heavy atom. The van der Waals surface area contributed by atoms with Crippen molar-refractivity contribution in [3.63, 3.8) is 0 Å². The van der Waals surface area contributed by atoms with Gasteiger partial charge in [0.25, 0.3) is 0 Å². The van der Waals surface area contributed by atoms with Crippen molar-refractivity contribution in [3.8, 4) is 0 Å². The fourth-order valence-corrected chi connectivity index (χ4v) is 7.79. The summed E-state index contributed by atoms with van der Waals surface area (Å²) in [6, 6.07) is 0. The Labute approximate surface area is 183 Å². The predicted octanol–water partition coefficient (Wildman–Crippen LogP) is 6.67. The van der Waals surface area contributed by atoms with Crippen LogP contribution in [0.5, 0.6) is 0 Å². The maximum atomic E-state index is 12.0. The lowest BCUT2D eigenvalue weighted by atomic mass is 9.53. The van der Waals surface area contributed by atoms with E-state index < -0.39 is 0 Å². The molecule has 4 aliphatic carbocycles. The van der Waals surface area contributed by atoms with Gasteiger partial charge in [0, 0.05) is 6.42 Å². The van der Waals surface area contributed by atoms with Gasteiger partial charge in [0.1, 0.15) is 0 Å². The molecule has 0 amide bonds. The second-order valence-corrected chi connectivity index (χ2v) is 11.9. The third kappa shape index (κ3) is 2.89. The number of hydrogen-bond donors (Lipinski definition) is 0. The van der Waals surface area contributed by atoms with Gasteiger partial charge >= 0.3 is 0 Å². The number of ketones is 1. The maximum absolute atomic E-state index is 12.0. The highest BCUT2D eigenvalue weighted by Crippen LogP contribution is 2.64. The van der Waals surface area contributed by atoms with Crippen LogP contribution < -0.4 is 0 Å². The van der Waals surface area contributed by atoms with E-state index in [1.165, 1.54) is 31.3 Å². The Kier molecular flexibility index (Phi) is 4.79. The largest absolute Gasteiger partial charge is 0.369 e. The lowest BCUT2D eigenvalue weighted by molar-refractivity contribution is -0.116. The van der Waals surface area contributed by atoms with Gasteiger partial charge in [-0.3, -0.25) is 4.79 Å². The Balaban J connectivity index is 1.43. The van der Waals surface area contributed by atoms with Crippen molar-refractivity contribution < 1.29 is 9.53 Å². The van der Waals surface area contributed by atoms with Crippen molar-refractivity contribution in [2.75, 3.05) is 0 Å². The first-order chi connectivity index (χ1) is 14.2.